The van der Waals surface area contributed by atoms with Crippen LogP contribution in [0.2, 0.25) is 0 Å². The zero-order valence-corrected chi connectivity index (χ0v) is 11.4. The van der Waals surface area contributed by atoms with Crippen LogP contribution in [0.5, 0.6) is 0 Å². The lowest BCUT2D eigenvalue weighted by atomic mass is 10.1. The molecule has 1 rings (SSSR count). The van der Waals surface area contributed by atoms with E-state index >= 15 is 0 Å². The van der Waals surface area contributed by atoms with Crippen LogP contribution in [-0.4, -0.2) is 47.5 Å². The normalized spacial score (nSPS) is 16.1. The molecule has 17 heavy (non-hydrogen) atoms. The molecule has 0 radical (unpaired) electrons. The minimum atomic E-state index is -0.239. The maximum Gasteiger partial charge on any atom is 0.316 e. The van der Waals surface area contributed by atoms with Crippen molar-refractivity contribution < 1.29 is 14.3 Å². The van der Waals surface area contributed by atoms with Crippen LogP contribution in [0.25, 0.3) is 0 Å². The molecule has 0 spiro atoms. The fourth-order valence-corrected chi connectivity index (χ4v) is 2.45. The van der Waals surface area contributed by atoms with E-state index < -0.39 is 0 Å². The van der Waals surface area contributed by atoms with E-state index in [1.165, 1.54) is 18.2 Å². The van der Waals surface area contributed by atoms with Crippen molar-refractivity contribution in [3.8, 4) is 0 Å². The standard InChI is InChI=1S/C12H21NO3S/c1-10(2)16-12(15)9-17-8-11(14)13-6-4-3-5-7-13/h10H,3-9H2,1-2H3. The number of ether oxygens (including phenoxy) is 1. The second-order valence-corrected chi connectivity index (χ2v) is 5.46. The lowest BCUT2D eigenvalue weighted by Crippen LogP contribution is -2.36. The van der Waals surface area contributed by atoms with Crippen molar-refractivity contribution in [3.05, 3.63) is 0 Å². The number of hydrogen-bond acceptors (Lipinski definition) is 4. The van der Waals surface area contributed by atoms with Crippen LogP contribution in [0.4, 0.5) is 0 Å². The van der Waals surface area contributed by atoms with Crippen molar-refractivity contribution >= 4 is 23.6 Å². The zero-order chi connectivity index (χ0) is 12.7. The quantitative estimate of drug-likeness (QED) is 0.705. The van der Waals surface area contributed by atoms with Gasteiger partial charge in [0.1, 0.15) is 0 Å². The van der Waals surface area contributed by atoms with Crippen LogP contribution < -0.4 is 0 Å². The molecule has 1 fully saturated rings. The Morgan fingerprint density at radius 3 is 2.41 bits per heavy atom. The number of thioether (sulfide) groups is 1. The van der Waals surface area contributed by atoms with Crippen LogP contribution in [0.1, 0.15) is 33.1 Å². The first-order valence-electron chi connectivity index (χ1n) is 6.14. The van der Waals surface area contributed by atoms with Crippen molar-refractivity contribution in [2.45, 2.75) is 39.2 Å². The first kappa shape index (κ1) is 14.4. The molecule has 0 bridgehead atoms. The maximum absolute atomic E-state index is 11.8. The van der Waals surface area contributed by atoms with Gasteiger partial charge in [0.25, 0.3) is 0 Å². The Bertz CT molecular complexity index is 262. The van der Waals surface area contributed by atoms with Gasteiger partial charge in [0, 0.05) is 13.1 Å². The molecule has 0 aromatic rings. The zero-order valence-electron chi connectivity index (χ0n) is 10.6. The molecule has 0 aromatic carbocycles. The third-order valence-corrected chi connectivity index (χ3v) is 3.41. The SMILES string of the molecule is CC(C)OC(=O)CSCC(=O)N1CCCCC1. The highest BCUT2D eigenvalue weighted by molar-refractivity contribution is 8.00. The van der Waals surface area contributed by atoms with Gasteiger partial charge in [-0.3, -0.25) is 9.59 Å². The molecule has 4 nitrogen and oxygen atoms in total. The average Bonchev–Trinajstić information content (AvgIpc) is 2.29. The third kappa shape index (κ3) is 5.96. The summed E-state index contributed by atoms with van der Waals surface area (Å²) >= 11 is 1.34. The highest BCUT2D eigenvalue weighted by atomic mass is 32.2. The predicted octanol–water partition coefficient (Wildman–Crippen LogP) is 1.68. The summed E-state index contributed by atoms with van der Waals surface area (Å²) in [6.45, 7) is 5.38. The van der Waals surface area contributed by atoms with E-state index in [0.29, 0.717) is 5.75 Å². The molecule has 0 N–H and O–H groups in total. The summed E-state index contributed by atoms with van der Waals surface area (Å²) in [7, 11) is 0. The first-order valence-corrected chi connectivity index (χ1v) is 7.30. The Hall–Kier alpha value is -0.710. The van der Waals surface area contributed by atoms with E-state index in [-0.39, 0.29) is 23.7 Å². The van der Waals surface area contributed by atoms with Crippen molar-refractivity contribution in [3.63, 3.8) is 0 Å². The van der Waals surface area contributed by atoms with E-state index in [9.17, 15) is 9.59 Å². The van der Waals surface area contributed by atoms with Gasteiger partial charge in [-0.05, 0) is 33.1 Å². The molecule has 1 heterocycles. The summed E-state index contributed by atoms with van der Waals surface area (Å²) < 4.78 is 4.99. The molecule has 1 saturated heterocycles. The summed E-state index contributed by atoms with van der Waals surface area (Å²) in [5.74, 6) is 0.550. The number of likely N-dealkylation sites (tertiary alicyclic amines) is 1. The van der Waals surface area contributed by atoms with Crippen molar-refractivity contribution in [2.24, 2.45) is 0 Å². The Morgan fingerprint density at radius 1 is 1.18 bits per heavy atom. The number of piperidine rings is 1. The molecule has 0 unspecified atom stereocenters. The maximum atomic E-state index is 11.8. The fourth-order valence-electron chi connectivity index (χ4n) is 1.75. The van der Waals surface area contributed by atoms with Gasteiger partial charge in [-0.1, -0.05) is 0 Å². The van der Waals surface area contributed by atoms with Gasteiger partial charge >= 0.3 is 5.97 Å². The minimum absolute atomic E-state index is 0.0825. The fraction of sp³-hybridized carbons (Fsp3) is 0.833. The molecular formula is C12H21NO3S. The van der Waals surface area contributed by atoms with Gasteiger partial charge in [0.05, 0.1) is 17.6 Å². The van der Waals surface area contributed by atoms with Crippen molar-refractivity contribution in [2.75, 3.05) is 24.6 Å². The number of carbonyl (C=O) groups excluding carboxylic acids is 2. The Kier molecular flexibility index (Phi) is 6.40. The highest BCUT2D eigenvalue weighted by Crippen LogP contribution is 2.11. The second kappa shape index (κ2) is 7.58. The monoisotopic (exact) mass is 259 g/mol. The van der Waals surface area contributed by atoms with Gasteiger partial charge in [0.15, 0.2) is 0 Å². The summed E-state index contributed by atoms with van der Waals surface area (Å²) in [6.07, 6.45) is 3.34. The summed E-state index contributed by atoms with van der Waals surface area (Å²) in [6, 6.07) is 0. The molecule has 5 heteroatoms. The van der Waals surface area contributed by atoms with Crippen LogP contribution in [-0.2, 0) is 14.3 Å². The molecule has 0 aromatic heterocycles. The molecule has 1 aliphatic rings. The Labute approximate surface area is 107 Å². The summed E-state index contributed by atoms with van der Waals surface area (Å²) in [4.78, 5) is 24.9. The third-order valence-electron chi connectivity index (χ3n) is 2.52. The van der Waals surface area contributed by atoms with E-state index in [2.05, 4.69) is 0 Å². The van der Waals surface area contributed by atoms with E-state index in [0.717, 1.165) is 25.9 Å². The van der Waals surface area contributed by atoms with Gasteiger partial charge < -0.3 is 9.64 Å². The van der Waals surface area contributed by atoms with Gasteiger partial charge in [0.2, 0.25) is 5.91 Å². The van der Waals surface area contributed by atoms with Crippen LogP contribution in [0.15, 0.2) is 0 Å². The molecule has 1 amide bonds. The largest absolute Gasteiger partial charge is 0.462 e. The molecule has 0 saturated carbocycles. The molecule has 0 aliphatic carbocycles. The number of amides is 1. The first-order chi connectivity index (χ1) is 8.09. The van der Waals surface area contributed by atoms with E-state index in [1.807, 2.05) is 18.7 Å². The highest BCUT2D eigenvalue weighted by Gasteiger charge is 2.16. The smallest absolute Gasteiger partial charge is 0.316 e. The topological polar surface area (TPSA) is 46.6 Å². The lowest BCUT2D eigenvalue weighted by molar-refractivity contribution is -0.144. The van der Waals surface area contributed by atoms with Gasteiger partial charge in [-0.15, -0.1) is 11.8 Å². The lowest BCUT2D eigenvalue weighted by Gasteiger charge is -2.26. The molecule has 98 valence electrons. The van der Waals surface area contributed by atoms with Crippen LogP contribution in [0, 0.1) is 0 Å². The second-order valence-electron chi connectivity index (χ2n) is 4.47. The van der Waals surface area contributed by atoms with Gasteiger partial charge in [-0.25, -0.2) is 0 Å². The van der Waals surface area contributed by atoms with Crippen LogP contribution >= 0.6 is 11.8 Å². The summed E-state index contributed by atoms with van der Waals surface area (Å²) in [5, 5.41) is 0. The van der Waals surface area contributed by atoms with Crippen LogP contribution in [0.3, 0.4) is 0 Å². The van der Waals surface area contributed by atoms with Crippen molar-refractivity contribution in [1.29, 1.82) is 0 Å². The number of nitrogens with zero attached hydrogens (tertiary/aromatic N) is 1. The predicted molar refractivity (Wildman–Crippen MR) is 69.0 cm³/mol. The minimum Gasteiger partial charge on any atom is -0.462 e. The number of hydrogen-bond donors (Lipinski definition) is 0. The average molecular weight is 259 g/mol. The number of carbonyl (C=O) groups is 2. The van der Waals surface area contributed by atoms with E-state index in [1.54, 1.807) is 0 Å². The van der Waals surface area contributed by atoms with Crippen molar-refractivity contribution in [1.82, 2.24) is 4.90 Å². The Morgan fingerprint density at radius 2 is 1.82 bits per heavy atom. The number of esters is 1. The molecule has 0 atom stereocenters. The number of rotatable bonds is 5. The Balaban J connectivity index is 2.13. The molecular weight excluding hydrogens is 238 g/mol. The summed E-state index contributed by atoms with van der Waals surface area (Å²) in [5.41, 5.74) is 0. The van der Waals surface area contributed by atoms with Gasteiger partial charge in [-0.2, -0.15) is 0 Å². The molecule has 1 aliphatic heterocycles. The van der Waals surface area contributed by atoms with E-state index in [4.69, 9.17) is 4.74 Å².